The second-order valence-corrected chi connectivity index (χ2v) is 5.76. The van der Waals surface area contributed by atoms with Crippen LogP contribution in [0.4, 0.5) is 4.39 Å². The number of thioether (sulfide) groups is 1. The maximum absolute atomic E-state index is 13.6. The molecule has 0 aliphatic carbocycles. The number of halogens is 1. The van der Waals surface area contributed by atoms with E-state index in [9.17, 15) is 9.18 Å². The Morgan fingerprint density at radius 2 is 2.05 bits per heavy atom. The third kappa shape index (κ3) is 2.97. The molecule has 0 radical (unpaired) electrons. The van der Waals surface area contributed by atoms with Gasteiger partial charge in [-0.3, -0.25) is 9.20 Å². The third-order valence-electron chi connectivity index (χ3n) is 3.07. The van der Waals surface area contributed by atoms with Crippen molar-refractivity contribution in [3.05, 3.63) is 76.1 Å². The highest BCUT2D eigenvalue weighted by atomic mass is 32.2. The normalized spacial score (nSPS) is 11.0. The standard InChI is InChI=1S/C16H13FN2OS/c1-11-6-7-15-18-12(8-16(20)19(15)9-11)10-21-14-5-3-2-4-13(14)17/h2-9H,10H2,1H3. The minimum atomic E-state index is -0.254. The molecule has 0 amide bonds. The second-order valence-electron chi connectivity index (χ2n) is 4.74. The SMILES string of the molecule is Cc1ccc2nc(CSc3ccccc3F)cc(=O)n2c1. The predicted octanol–water partition coefficient (Wildman–Crippen LogP) is 3.43. The van der Waals surface area contributed by atoms with Crippen LogP contribution in [0.2, 0.25) is 0 Å². The van der Waals surface area contributed by atoms with Crippen LogP contribution in [0.15, 0.2) is 58.4 Å². The molecule has 21 heavy (non-hydrogen) atoms. The summed E-state index contributed by atoms with van der Waals surface area (Å²) < 4.78 is 15.1. The lowest BCUT2D eigenvalue weighted by atomic mass is 10.3. The van der Waals surface area contributed by atoms with E-state index in [1.807, 2.05) is 19.1 Å². The highest BCUT2D eigenvalue weighted by Gasteiger charge is 2.06. The maximum Gasteiger partial charge on any atom is 0.258 e. The average Bonchev–Trinajstić information content (AvgIpc) is 2.47. The fraction of sp³-hybridized carbons (Fsp3) is 0.125. The number of aryl methyl sites for hydroxylation is 1. The highest BCUT2D eigenvalue weighted by Crippen LogP contribution is 2.24. The third-order valence-corrected chi connectivity index (χ3v) is 4.15. The zero-order chi connectivity index (χ0) is 14.8. The number of aromatic nitrogens is 2. The molecule has 2 aromatic heterocycles. The van der Waals surface area contributed by atoms with Gasteiger partial charge in [0.1, 0.15) is 11.5 Å². The van der Waals surface area contributed by atoms with Crippen molar-refractivity contribution in [1.82, 2.24) is 9.38 Å². The van der Waals surface area contributed by atoms with Crippen molar-refractivity contribution >= 4 is 17.4 Å². The minimum Gasteiger partial charge on any atom is -0.269 e. The molecule has 0 fully saturated rings. The molecule has 0 aliphatic rings. The summed E-state index contributed by atoms with van der Waals surface area (Å²) in [5.41, 5.74) is 2.14. The van der Waals surface area contributed by atoms with Gasteiger partial charge in [-0.15, -0.1) is 11.8 Å². The monoisotopic (exact) mass is 300 g/mol. The first kappa shape index (κ1) is 13.8. The maximum atomic E-state index is 13.6. The second kappa shape index (κ2) is 5.69. The molecule has 0 atom stereocenters. The summed E-state index contributed by atoms with van der Waals surface area (Å²) in [6, 6.07) is 11.8. The summed E-state index contributed by atoms with van der Waals surface area (Å²) in [7, 11) is 0. The van der Waals surface area contributed by atoms with Gasteiger partial charge >= 0.3 is 0 Å². The van der Waals surface area contributed by atoms with Gasteiger partial charge in [0.05, 0.1) is 5.69 Å². The number of hydrogen-bond donors (Lipinski definition) is 0. The Morgan fingerprint density at radius 3 is 2.86 bits per heavy atom. The van der Waals surface area contributed by atoms with Crippen molar-refractivity contribution in [3.63, 3.8) is 0 Å². The molecule has 5 heteroatoms. The van der Waals surface area contributed by atoms with Crippen molar-refractivity contribution in [2.75, 3.05) is 0 Å². The predicted molar refractivity (Wildman–Crippen MR) is 82.2 cm³/mol. The van der Waals surface area contributed by atoms with E-state index in [4.69, 9.17) is 0 Å². The van der Waals surface area contributed by atoms with Gasteiger partial charge in [0.15, 0.2) is 0 Å². The van der Waals surface area contributed by atoms with Gasteiger partial charge in [-0.1, -0.05) is 18.2 Å². The molecule has 3 rings (SSSR count). The van der Waals surface area contributed by atoms with Gasteiger partial charge in [0.2, 0.25) is 0 Å². The molecule has 3 nitrogen and oxygen atoms in total. The zero-order valence-corrected chi connectivity index (χ0v) is 12.2. The molecular formula is C16H13FN2OS. The molecule has 0 bridgehead atoms. The van der Waals surface area contributed by atoms with Crippen LogP contribution < -0.4 is 5.56 Å². The molecule has 1 aromatic carbocycles. The summed E-state index contributed by atoms with van der Waals surface area (Å²) >= 11 is 1.33. The van der Waals surface area contributed by atoms with E-state index in [1.165, 1.54) is 28.3 Å². The Labute approximate surface area is 125 Å². The summed E-state index contributed by atoms with van der Waals surface area (Å²) in [4.78, 5) is 17.1. The molecule has 0 unspecified atom stereocenters. The van der Waals surface area contributed by atoms with Crippen molar-refractivity contribution in [2.45, 2.75) is 17.6 Å². The van der Waals surface area contributed by atoms with E-state index in [0.29, 0.717) is 22.0 Å². The van der Waals surface area contributed by atoms with Crippen molar-refractivity contribution in [3.8, 4) is 0 Å². The number of pyridine rings is 1. The van der Waals surface area contributed by atoms with Crippen LogP contribution in [0.1, 0.15) is 11.3 Å². The van der Waals surface area contributed by atoms with Crippen molar-refractivity contribution in [1.29, 1.82) is 0 Å². The fourth-order valence-corrected chi connectivity index (χ4v) is 2.88. The lowest BCUT2D eigenvalue weighted by molar-refractivity contribution is 0.602. The molecule has 2 heterocycles. The van der Waals surface area contributed by atoms with E-state index in [1.54, 1.807) is 24.4 Å². The first-order valence-corrected chi connectivity index (χ1v) is 7.48. The fourth-order valence-electron chi connectivity index (χ4n) is 2.05. The molecule has 106 valence electrons. The van der Waals surface area contributed by atoms with Crippen LogP contribution in [0.3, 0.4) is 0 Å². The highest BCUT2D eigenvalue weighted by molar-refractivity contribution is 7.98. The van der Waals surface area contributed by atoms with Crippen LogP contribution in [0.25, 0.3) is 5.65 Å². The van der Waals surface area contributed by atoms with Gasteiger partial charge in [0, 0.05) is 22.9 Å². The van der Waals surface area contributed by atoms with Gasteiger partial charge in [-0.2, -0.15) is 0 Å². The summed E-state index contributed by atoms with van der Waals surface area (Å²) in [6.07, 6.45) is 1.76. The quantitative estimate of drug-likeness (QED) is 0.695. The minimum absolute atomic E-state index is 0.118. The first-order chi connectivity index (χ1) is 10.1. The lowest BCUT2D eigenvalue weighted by Crippen LogP contribution is -2.15. The van der Waals surface area contributed by atoms with Crippen molar-refractivity contribution in [2.24, 2.45) is 0 Å². The molecule has 0 aliphatic heterocycles. The summed E-state index contributed by atoms with van der Waals surface area (Å²) in [5, 5.41) is 0. The number of fused-ring (bicyclic) bond motifs is 1. The number of rotatable bonds is 3. The van der Waals surface area contributed by atoms with E-state index >= 15 is 0 Å². The Morgan fingerprint density at radius 1 is 1.24 bits per heavy atom. The number of nitrogens with zero attached hydrogens (tertiary/aromatic N) is 2. The Kier molecular flexibility index (Phi) is 3.75. The van der Waals surface area contributed by atoms with Crippen molar-refractivity contribution < 1.29 is 4.39 Å². The summed E-state index contributed by atoms with van der Waals surface area (Å²) in [6.45, 7) is 1.92. The van der Waals surface area contributed by atoms with Crippen LogP contribution in [-0.4, -0.2) is 9.38 Å². The molecular weight excluding hydrogens is 287 g/mol. The van der Waals surface area contributed by atoms with E-state index in [2.05, 4.69) is 4.98 Å². The molecule has 0 saturated heterocycles. The average molecular weight is 300 g/mol. The van der Waals surface area contributed by atoms with Gasteiger partial charge in [-0.25, -0.2) is 9.37 Å². The molecule has 3 aromatic rings. The smallest absolute Gasteiger partial charge is 0.258 e. The van der Waals surface area contributed by atoms with E-state index < -0.39 is 0 Å². The van der Waals surface area contributed by atoms with Crippen LogP contribution in [0, 0.1) is 12.7 Å². The Balaban J connectivity index is 1.90. The molecule has 0 spiro atoms. The largest absolute Gasteiger partial charge is 0.269 e. The Bertz CT molecular complexity index is 860. The zero-order valence-electron chi connectivity index (χ0n) is 11.4. The van der Waals surface area contributed by atoms with Gasteiger partial charge in [-0.05, 0) is 30.7 Å². The number of benzene rings is 1. The first-order valence-electron chi connectivity index (χ1n) is 6.50. The topological polar surface area (TPSA) is 34.4 Å². The van der Waals surface area contributed by atoms with Crippen LogP contribution in [-0.2, 0) is 5.75 Å². The van der Waals surface area contributed by atoms with Crippen LogP contribution in [0.5, 0.6) is 0 Å². The summed E-state index contributed by atoms with van der Waals surface area (Å²) in [5.74, 6) is 0.205. The van der Waals surface area contributed by atoms with Crippen LogP contribution >= 0.6 is 11.8 Å². The van der Waals surface area contributed by atoms with E-state index in [-0.39, 0.29) is 11.4 Å². The lowest BCUT2D eigenvalue weighted by Gasteiger charge is -2.05. The van der Waals surface area contributed by atoms with Gasteiger partial charge < -0.3 is 0 Å². The number of hydrogen-bond acceptors (Lipinski definition) is 3. The van der Waals surface area contributed by atoms with Gasteiger partial charge in [0.25, 0.3) is 5.56 Å². The molecule has 0 saturated carbocycles. The van der Waals surface area contributed by atoms with E-state index in [0.717, 1.165) is 5.56 Å². The Hall–Kier alpha value is -2.14. The molecule has 0 N–H and O–H groups in total.